The molecule has 5 heteroatoms. The smallest absolute Gasteiger partial charge is 0.251 e. The molecule has 1 aromatic carbocycles. The number of methoxy groups -OCH3 is 1. The predicted octanol–water partition coefficient (Wildman–Crippen LogP) is 2.33. The van der Waals surface area contributed by atoms with Crippen LogP contribution in [-0.4, -0.2) is 29.4 Å². The summed E-state index contributed by atoms with van der Waals surface area (Å²) in [6.07, 6.45) is 2.36. The Morgan fingerprint density at radius 3 is 2.80 bits per heavy atom. The molecular weight excluding hydrogens is 254 g/mol. The lowest BCUT2D eigenvalue weighted by Gasteiger charge is -2.08. The molecule has 1 N–H and O–H groups in total. The fourth-order valence-corrected chi connectivity index (χ4v) is 2.14. The second-order valence-electron chi connectivity index (χ2n) is 4.96. The number of amides is 1. The van der Waals surface area contributed by atoms with Gasteiger partial charge in [-0.2, -0.15) is 5.10 Å². The first kappa shape index (κ1) is 12.9. The number of benzene rings is 1. The minimum absolute atomic E-state index is 0.0404. The number of hydrogen-bond donors (Lipinski definition) is 1. The van der Waals surface area contributed by atoms with E-state index in [4.69, 9.17) is 4.74 Å². The number of nitrogens with one attached hydrogen (secondary N) is 1. The minimum Gasteiger partial charge on any atom is -0.375 e. The molecule has 0 saturated heterocycles. The summed E-state index contributed by atoms with van der Waals surface area (Å²) in [4.78, 5) is 11.7. The Balaban J connectivity index is 1.92. The van der Waals surface area contributed by atoms with Crippen LogP contribution in [0, 0.1) is 0 Å². The van der Waals surface area contributed by atoms with Crippen LogP contribution in [0.4, 0.5) is 5.82 Å². The second-order valence-corrected chi connectivity index (χ2v) is 4.96. The van der Waals surface area contributed by atoms with Crippen molar-refractivity contribution in [3.8, 4) is 5.69 Å². The third-order valence-electron chi connectivity index (χ3n) is 3.27. The minimum atomic E-state index is -0.174. The summed E-state index contributed by atoms with van der Waals surface area (Å²) >= 11 is 0. The molecule has 20 heavy (non-hydrogen) atoms. The predicted molar refractivity (Wildman–Crippen MR) is 76.0 cm³/mol. The summed E-state index contributed by atoms with van der Waals surface area (Å²) in [6, 6.07) is 11.8. The number of nitrogens with zero attached hydrogens (tertiary/aromatic N) is 2. The number of rotatable bonds is 5. The standard InChI is InChI=1S/C15H17N3O2/c1-20-10-15(19)16-14-9-13(11-7-8-11)17-18(14)12-5-3-2-4-6-12/h2-6,9,11H,7-8,10H2,1H3,(H,16,19). The molecule has 1 aliphatic rings. The first-order valence-electron chi connectivity index (χ1n) is 6.72. The van der Waals surface area contributed by atoms with Crippen molar-refractivity contribution in [2.24, 2.45) is 0 Å². The van der Waals surface area contributed by atoms with Crippen molar-refractivity contribution >= 4 is 11.7 Å². The van der Waals surface area contributed by atoms with Gasteiger partial charge in [0.25, 0.3) is 5.91 Å². The first-order valence-corrected chi connectivity index (χ1v) is 6.72. The highest BCUT2D eigenvalue weighted by Gasteiger charge is 2.27. The van der Waals surface area contributed by atoms with Crippen LogP contribution in [0.1, 0.15) is 24.5 Å². The molecule has 0 spiro atoms. The zero-order chi connectivity index (χ0) is 13.9. The van der Waals surface area contributed by atoms with Crippen LogP contribution in [0.5, 0.6) is 0 Å². The molecule has 1 heterocycles. The number of anilines is 1. The monoisotopic (exact) mass is 271 g/mol. The summed E-state index contributed by atoms with van der Waals surface area (Å²) in [5.41, 5.74) is 1.98. The molecule has 5 nitrogen and oxygen atoms in total. The molecule has 0 unspecified atom stereocenters. The largest absolute Gasteiger partial charge is 0.375 e. The number of hydrogen-bond acceptors (Lipinski definition) is 3. The van der Waals surface area contributed by atoms with E-state index in [1.165, 1.54) is 20.0 Å². The van der Waals surface area contributed by atoms with Crippen LogP contribution in [0.15, 0.2) is 36.4 Å². The lowest BCUT2D eigenvalue weighted by atomic mass is 10.3. The molecular formula is C15H17N3O2. The summed E-state index contributed by atoms with van der Waals surface area (Å²) in [5, 5.41) is 7.47. The van der Waals surface area contributed by atoms with E-state index in [1.807, 2.05) is 36.4 Å². The Morgan fingerprint density at radius 1 is 1.40 bits per heavy atom. The van der Waals surface area contributed by atoms with Crippen LogP contribution >= 0.6 is 0 Å². The number of aromatic nitrogens is 2. The van der Waals surface area contributed by atoms with Gasteiger partial charge in [-0.1, -0.05) is 18.2 Å². The van der Waals surface area contributed by atoms with Crippen molar-refractivity contribution in [1.82, 2.24) is 9.78 Å². The van der Waals surface area contributed by atoms with E-state index in [1.54, 1.807) is 4.68 Å². The topological polar surface area (TPSA) is 56.1 Å². The van der Waals surface area contributed by atoms with Crippen LogP contribution < -0.4 is 5.32 Å². The molecule has 0 radical (unpaired) electrons. The maximum absolute atomic E-state index is 11.7. The molecule has 0 aliphatic heterocycles. The fourth-order valence-electron chi connectivity index (χ4n) is 2.14. The van der Waals surface area contributed by atoms with E-state index >= 15 is 0 Å². The number of ether oxygens (including phenoxy) is 1. The van der Waals surface area contributed by atoms with Gasteiger partial charge in [-0.15, -0.1) is 0 Å². The normalized spacial score (nSPS) is 14.2. The fraction of sp³-hybridized carbons (Fsp3) is 0.333. The van der Waals surface area contributed by atoms with Gasteiger partial charge in [0.15, 0.2) is 0 Å². The Bertz CT molecular complexity index is 603. The second kappa shape index (κ2) is 5.46. The molecule has 0 atom stereocenters. The molecule has 1 aliphatic carbocycles. The number of para-hydroxylation sites is 1. The number of carbonyl (C=O) groups excluding carboxylic acids is 1. The molecule has 1 fully saturated rings. The lowest BCUT2D eigenvalue weighted by molar-refractivity contribution is -0.119. The van der Waals surface area contributed by atoms with Gasteiger partial charge in [0, 0.05) is 19.1 Å². The van der Waals surface area contributed by atoms with E-state index in [9.17, 15) is 4.79 Å². The maximum atomic E-state index is 11.7. The van der Waals surface area contributed by atoms with Crippen molar-refractivity contribution in [1.29, 1.82) is 0 Å². The Hall–Kier alpha value is -2.14. The highest BCUT2D eigenvalue weighted by molar-refractivity contribution is 5.91. The Labute approximate surface area is 117 Å². The van der Waals surface area contributed by atoms with Crippen molar-refractivity contribution in [3.63, 3.8) is 0 Å². The van der Waals surface area contributed by atoms with Gasteiger partial charge in [-0.3, -0.25) is 4.79 Å². The molecule has 2 aromatic rings. The summed E-state index contributed by atoms with van der Waals surface area (Å²) in [5.74, 6) is 1.06. The van der Waals surface area contributed by atoms with Crippen LogP contribution in [0.2, 0.25) is 0 Å². The van der Waals surface area contributed by atoms with Crippen molar-refractivity contribution in [2.75, 3.05) is 19.0 Å². The zero-order valence-electron chi connectivity index (χ0n) is 11.4. The van der Waals surface area contributed by atoms with Gasteiger partial charge in [0.1, 0.15) is 12.4 Å². The lowest BCUT2D eigenvalue weighted by Crippen LogP contribution is -2.19. The highest BCUT2D eigenvalue weighted by atomic mass is 16.5. The van der Waals surface area contributed by atoms with Gasteiger partial charge in [0.2, 0.25) is 0 Å². The van der Waals surface area contributed by atoms with Crippen molar-refractivity contribution in [2.45, 2.75) is 18.8 Å². The Morgan fingerprint density at radius 2 is 2.15 bits per heavy atom. The van der Waals surface area contributed by atoms with Crippen LogP contribution in [-0.2, 0) is 9.53 Å². The molecule has 1 saturated carbocycles. The quantitative estimate of drug-likeness (QED) is 0.908. The zero-order valence-corrected chi connectivity index (χ0v) is 11.4. The average molecular weight is 271 g/mol. The van der Waals surface area contributed by atoms with Gasteiger partial charge in [-0.05, 0) is 25.0 Å². The number of carbonyl (C=O) groups is 1. The van der Waals surface area contributed by atoms with Gasteiger partial charge in [-0.25, -0.2) is 4.68 Å². The maximum Gasteiger partial charge on any atom is 0.251 e. The molecule has 1 amide bonds. The van der Waals surface area contributed by atoms with Gasteiger partial charge >= 0.3 is 0 Å². The van der Waals surface area contributed by atoms with Crippen LogP contribution in [0.25, 0.3) is 5.69 Å². The first-order chi connectivity index (χ1) is 9.78. The van der Waals surface area contributed by atoms with Crippen molar-refractivity contribution < 1.29 is 9.53 Å². The Kier molecular flexibility index (Phi) is 3.52. The van der Waals surface area contributed by atoms with E-state index in [-0.39, 0.29) is 12.5 Å². The third kappa shape index (κ3) is 2.72. The van der Waals surface area contributed by atoms with Gasteiger partial charge in [0.05, 0.1) is 11.4 Å². The molecule has 0 bridgehead atoms. The molecule has 1 aromatic heterocycles. The summed E-state index contributed by atoms with van der Waals surface area (Å²) < 4.78 is 6.63. The summed E-state index contributed by atoms with van der Waals surface area (Å²) in [7, 11) is 1.50. The van der Waals surface area contributed by atoms with E-state index < -0.39 is 0 Å². The molecule has 3 rings (SSSR count). The average Bonchev–Trinajstić information content (AvgIpc) is 3.22. The third-order valence-corrected chi connectivity index (χ3v) is 3.27. The SMILES string of the molecule is COCC(=O)Nc1cc(C2CC2)nn1-c1ccccc1. The highest BCUT2D eigenvalue weighted by Crippen LogP contribution is 2.40. The van der Waals surface area contributed by atoms with Crippen LogP contribution in [0.3, 0.4) is 0 Å². The van der Waals surface area contributed by atoms with Gasteiger partial charge < -0.3 is 10.1 Å². The van der Waals surface area contributed by atoms with E-state index in [0.717, 1.165) is 11.4 Å². The van der Waals surface area contributed by atoms with Crippen molar-refractivity contribution in [3.05, 3.63) is 42.1 Å². The van der Waals surface area contributed by atoms with E-state index in [0.29, 0.717) is 11.7 Å². The summed E-state index contributed by atoms with van der Waals surface area (Å²) in [6.45, 7) is 0.0404. The molecule has 104 valence electrons. The van der Waals surface area contributed by atoms with E-state index in [2.05, 4.69) is 10.4 Å².